The Balaban J connectivity index is 1.82. The maximum Gasteiger partial charge on any atom is 0.320 e. The zero-order valence-corrected chi connectivity index (χ0v) is 14.9. The van der Waals surface area contributed by atoms with Gasteiger partial charge in [-0.3, -0.25) is 24.3 Å². The molecule has 3 rings (SSSR count). The molecular weight excluding hydrogens is 383 g/mol. The van der Waals surface area contributed by atoms with Gasteiger partial charge in [-0.15, -0.1) is 0 Å². The van der Waals surface area contributed by atoms with Crippen LogP contribution in [0.3, 0.4) is 0 Å². The van der Waals surface area contributed by atoms with E-state index in [1.165, 1.54) is 17.9 Å². The largest absolute Gasteiger partial charge is 0.320 e. The molecule has 134 valence electrons. The van der Waals surface area contributed by atoms with E-state index in [0.29, 0.717) is 11.6 Å². The van der Waals surface area contributed by atoms with E-state index in [9.17, 15) is 14.9 Å². The first-order chi connectivity index (χ1) is 12.4. The molecule has 0 unspecified atom stereocenters. The summed E-state index contributed by atoms with van der Waals surface area (Å²) in [4.78, 5) is 22.7. The minimum atomic E-state index is -0.735. The maximum atomic E-state index is 12.4. The number of aromatic nitrogens is 4. The molecule has 0 bridgehead atoms. The van der Waals surface area contributed by atoms with E-state index in [4.69, 9.17) is 23.2 Å². The SMILES string of the molecule is Cn1ncc([N+](=O)[O-])c1C(=O)Nc1nn(Cc2ccccc2Cl)cc1Cl. The van der Waals surface area contributed by atoms with Crippen molar-refractivity contribution in [2.24, 2.45) is 7.05 Å². The molecule has 0 aliphatic carbocycles. The molecule has 2 heterocycles. The quantitative estimate of drug-likeness (QED) is 0.528. The summed E-state index contributed by atoms with van der Waals surface area (Å²) in [5.41, 5.74) is 0.219. The molecule has 26 heavy (non-hydrogen) atoms. The molecule has 0 saturated heterocycles. The van der Waals surface area contributed by atoms with Crippen LogP contribution < -0.4 is 5.32 Å². The number of halogens is 2. The van der Waals surface area contributed by atoms with Crippen molar-refractivity contribution in [3.63, 3.8) is 0 Å². The second-order valence-corrected chi connectivity index (χ2v) is 6.14. The molecule has 0 aliphatic rings. The standard InChI is InChI=1S/C15H12Cl2N6O3/c1-21-13(12(6-18-21)23(25)26)15(24)19-14-11(17)8-22(20-14)7-9-4-2-3-5-10(9)16/h2-6,8H,7H2,1H3,(H,19,20,24). The normalized spacial score (nSPS) is 10.7. The van der Waals surface area contributed by atoms with Gasteiger partial charge in [-0.25, -0.2) is 0 Å². The molecule has 0 atom stereocenters. The van der Waals surface area contributed by atoms with Crippen molar-refractivity contribution < 1.29 is 9.72 Å². The van der Waals surface area contributed by atoms with Gasteiger partial charge >= 0.3 is 5.69 Å². The Kier molecular flexibility index (Phi) is 4.92. The monoisotopic (exact) mass is 394 g/mol. The lowest BCUT2D eigenvalue weighted by Crippen LogP contribution is -2.18. The third-order valence-corrected chi connectivity index (χ3v) is 4.22. The number of nitro groups is 1. The van der Waals surface area contributed by atoms with E-state index >= 15 is 0 Å². The minimum Gasteiger partial charge on any atom is -0.302 e. The Bertz CT molecular complexity index is 997. The molecule has 1 aromatic carbocycles. The number of rotatable bonds is 5. The summed E-state index contributed by atoms with van der Waals surface area (Å²) >= 11 is 12.2. The first kappa shape index (κ1) is 17.9. The highest BCUT2D eigenvalue weighted by atomic mass is 35.5. The van der Waals surface area contributed by atoms with Gasteiger partial charge in [0, 0.05) is 18.3 Å². The van der Waals surface area contributed by atoms with Gasteiger partial charge in [0.15, 0.2) is 5.82 Å². The molecule has 0 radical (unpaired) electrons. The summed E-state index contributed by atoms with van der Waals surface area (Å²) < 4.78 is 2.62. The van der Waals surface area contributed by atoms with Crippen LogP contribution in [-0.4, -0.2) is 30.4 Å². The topological polar surface area (TPSA) is 108 Å². The highest BCUT2D eigenvalue weighted by molar-refractivity contribution is 6.33. The second kappa shape index (κ2) is 7.14. The highest BCUT2D eigenvalue weighted by Gasteiger charge is 2.26. The van der Waals surface area contributed by atoms with E-state index < -0.39 is 16.5 Å². The van der Waals surface area contributed by atoms with Gasteiger partial charge in [-0.05, 0) is 11.6 Å². The van der Waals surface area contributed by atoms with Gasteiger partial charge in [0.1, 0.15) is 11.2 Å². The fraction of sp³-hybridized carbons (Fsp3) is 0.133. The first-order valence-electron chi connectivity index (χ1n) is 7.31. The van der Waals surface area contributed by atoms with Crippen LogP contribution in [0.2, 0.25) is 10.0 Å². The van der Waals surface area contributed by atoms with Crippen LogP contribution in [-0.2, 0) is 13.6 Å². The molecule has 2 aromatic heterocycles. The van der Waals surface area contributed by atoms with Crippen LogP contribution >= 0.6 is 23.2 Å². The number of hydrogen-bond acceptors (Lipinski definition) is 5. The van der Waals surface area contributed by atoms with E-state index in [2.05, 4.69) is 15.5 Å². The number of nitrogens with one attached hydrogen (secondary N) is 1. The summed E-state index contributed by atoms with van der Waals surface area (Å²) in [5.74, 6) is -0.652. The summed E-state index contributed by atoms with van der Waals surface area (Å²) in [5, 5.41) is 22.2. The van der Waals surface area contributed by atoms with Gasteiger partial charge in [0.25, 0.3) is 5.91 Å². The van der Waals surface area contributed by atoms with Crippen molar-refractivity contribution in [2.45, 2.75) is 6.54 Å². The minimum absolute atomic E-state index is 0.0826. The highest BCUT2D eigenvalue weighted by Crippen LogP contribution is 2.24. The number of hydrogen-bond donors (Lipinski definition) is 1. The van der Waals surface area contributed by atoms with Gasteiger partial charge in [0.05, 0.1) is 11.5 Å². The number of amides is 1. The van der Waals surface area contributed by atoms with Crippen LogP contribution in [0, 0.1) is 10.1 Å². The average molecular weight is 395 g/mol. The van der Waals surface area contributed by atoms with Gasteiger partial charge in [-0.2, -0.15) is 10.2 Å². The summed E-state index contributed by atoms with van der Waals surface area (Å²) in [6, 6.07) is 7.26. The Morgan fingerprint density at radius 1 is 1.31 bits per heavy atom. The van der Waals surface area contributed by atoms with Crippen LogP contribution in [0.5, 0.6) is 0 Å². The fourth-order valence-corrected chi connectivity index (χ4v) is 2.75. The molecule has 1 amide bonds. The lowest BCUT2D eigenvalue weighted by Gasteiger charge is -2.04. The van der Waals surface area contributed by atoms with Crippen molar-refractivity contribution in [1.82, 2.24) is 19.6 Å². The molecule has 0 aliphatic heterocycles. The number of nitrogens with zero attached hydrogens (tertiary/aromatic N) is 5. The van der Waals surface area contributed by atoms with Crippen LogP contribution in [0.1, 0.15) is 16.1 Å². The number of carbonyl (C=O) groups excluding carboxylic acids is 1. The van der Waals surface area contributed by atoms with Crippen molar-refractivity contribution >= 4 is 40.6 Å². The third kappa shape index (κ3) is 3.53. The zero-order chi connectivity index (χ0) is 18.8. The van der Waals surface area contributed by atoms with Crippen LogP contribution in [0.25, 0.3) is 0 Å². The van der Waals surface area contributed by atoms with Crippen LogP contribution in [0.15, 0.2) is 36.7 Å². The van der Waals surface area contributed by atoms with E-state index in [1.807, 2.05) is 18.2 Å². The summed E-state index contributed by atoms with van der Waals surface area (Å²) in [7, 11) is 1.43. The predicted octanol–water partition coefficient (Wildman–Crippen LogP) is 3.13. The Morgan fingerprint density at radius 2 is 2.04 bits per heavy atom. The number of carbonyl (C=O) groups is 1. The van der Waals surface area contributed by atoms with Crippen molar-refractivity contribution in [3.05, 3.63) is 68.1 Å². The molecule has 0 fully saturated rings. The summed E-state index contributed by atoms with van der Waals surface area (Å²) in [6.07, 6.45) is 2.53. The lowest BCUT2D eigenvalue weighted by molar-refractivity contribution is -0.385. The third-order valence-electron chi connectivity index (χ3n) is 3.57. The Hall–Kier alpha value is -2.91. The lowest BCUT2D eigenvalue weighted by atomic mass is 10.2. The number of aryl methyl sites for hydroxylation is 1. The Labute approximate surface area is 157 Å². The van der Waals surface area contributed by atoms with Gasteiger partial charge < -0.3 is 5.32 Å². The second-order valence-electron chi connectivity index (χ2n) is 5.33. The molecule has 1 N–H and O–H groups in total. The van der Waals surface area contributed by atoms with E-state index in [-0.39, 0.29) is 16.5 Å². The average Bonchev–Trinajstić information content (AvgIpc) is 3.13. The van der Waals surface area contributed by atoms with Crippen molar-refractivity contribution in [1.29, 1.82) is 0 Å². The molecular formula is C15H12Cl2N6O3. The summed E-state index contributed by atoms with van der Waals surface area (Å²) in [6.45, 7) is 0.348. The number of benzene rings is 1. The predicted molar refractivity (Wildman–Crippen MR) is 95.6 cm³/mol. The Morgan fingerprint density at radius 3 is 2.73 bits per heavy atom. The van der Waals surface area contributed by atoms with Gasteiger partial charge in [-0.1, -0.05) is 41.4 Å². The molecule has 3 aromatic rings. The molecule has 11 heteroatoms. The molecule has 9 nitrogen and oxygen atoms in total. The van der Waals surface area contributed by atoms with Crippen molar-refractivity contribution in [2.75, 3.05) is 5.32 Å². The fourth-order valence-electron chi connectivity index (χ4n) is 2.35. The molecule has 0 spiro atoms. The zero-order valence-electron chi connectivity index (χ0n) is 13.4. The van der Waals surface area contributed by atoms with Gasteiger partial charge in [0.2, 0.25) is 5.69 Å². The smallest absolute Gasteiger partial charge is 0.302 e. The van der Waals surface area contributed by atoms with Crippen LogP contribution in [0.4, 0.5) is 11.5 Å². The van der Waals surface area contributed by atoms with Crippen molar-refractivity contribution in [3.8, 4) is 0 Å². The van der Waals surface area contributed by atoms with E-state index in [0.717, 1.165) is 16.4 Å². The first-order valence-corrected chi connectivity index (χ1v) is 8.06. The molecule has 0 saturated carbocycles. The number of anilines is 1. The maximum absolute atomic E-state index is 12.4. The van der Waals surface area contributed by atoms with E-state index in [1.54, 1.807) is 6.07 Å².